The predicted molar refractivity (Wildman–Crippen MR) is 75.1 cm³/mol. The van der Waals surface area contributed by atoms with Crippen LogP contribution >= 0.6 is 0 Å². The Morgan fingerprint density at radius 2 is 1.88 bits per heavy atom. The van der Waals surface area contributed by atoms with Gasteiger partial charge in [-0.05, 0) is 37.4 Å². The van der Waals surface area contributed by atoms with E-state index in [-0.39, 0.29) is 5.41 Å². The SMILES string of the molecule is CCC(C)(CN)CN(C)CCc1ccccc1. The van der Waals surface area contributed by atoms with Crippen LogP contribution in [0.2, 0.25) is 0 Å². The minimum atomic E-state index is 0.255. The number of likely N-dealkylation sites (N-methyl/N-ethyl adjacent to an activating group) is 1. The third kappa shape index (κ3) is 4.88. The average Bonchev–Trinajstić information content (AvgIpc) is 2.37. The Morgan fingerprint density at radius 1 is 1.24 bits per heavy atom. The minimum Gasteiger partial charge on any atom is -0.330 e. The van der Waals surface area contributed by atoms with E-state index in [0.29, 0.717) is 0 Å². The highest BCUT2D eigenvalue weighted by Gasteiger charge is 2.21. The minimum absolute atomic E-state index is 0.255. The Balaban J connectivity index is 2.37. The maximum Gasteiger partial charge on any atom is 0.00444 e. The summed E-state index contributed by atoms with van der Waals surface area (Å²) in [6.07, 6.45) is 2.25. The van der Waals surface area contributed by atoms with Gasteiger partial charge >= 0.3 is 0 Å². The van der Waals surface area contributed by atoms with Gasteiger partial charge in [-0.25, -0.2) is 0 Å². The van der Waals surface area contributed by atoms with Crippen LogP contribution in [0.3, 0.4) is 0 Å². The zero-order valence-corrected chi connectivity index (χ0v) is 11.4. The number of rotatable bonds is 7. The van der Waals surface area contributed by atoms with Gasteiger partial charge in [0.05, 0.1) is 0 Å². The molecule has 96 valence electrons. The van der Waals surface area contributed by atoms with E-state index in [1.807, 2.05) is 0 Å². The summed E-state index contributed by atoms with van der Waals surface area (Å²) in [5.41, 5.74) is 7.51. The molecule has 0 aliphatic heterocycles. The first-order chi connectivity index (χ1) is 8.09. The molecule has 0 radical (unpaired) electrons. The molecule has 1 atom stereocenters. The van der Waals surface area contributed by atoms with Gasteiger partial charge in [0.25, 0.3) is 0 Å². The molecule has 17 heavy (non-hydrogen) atoms. The highest BCUT2D eigenvalue weighted by molar-refractivity contribution is 5.14. The number of benzene rings is 1. The summed E-state index contributed by atoms with van der Waals surface area (Å²) in [5, 5.41) is 0. The fourth-order valence-corrected chi connectivity index (χ4v) is 2.02. The Bertz CT molecular complexity index is 304. The molecule has 2 heteroatoms. The molecule has 0 fully saturated rings. The standard InChI is InChI=1S/C15H26N2/c1-4-15(2,12-16)13-17(3)11-10-14-8-6-5-7-9-14/h5-9H,4,10-13,16H2,1-3H3. The number of hydrogen-bond acceptors (Lipinski definition) is 2. The fourth-order valence-electron chi connectivity index (χ4n) is 2.02. The first-order valence-corrected chi connectivity index (χ1v) is 6.52. The zero-order valence-electron chi connectivity index (χ0n) is 11.4. The zero-order chi connectivity index (χ0) is 12.7. The Labute approximate surface area is 106 Å². The van der Waals surface area contributed by atoms with E-state index in [0.717, 1.165) is 32.5 Å². The Morgan fingerprint density at radius 3 is 2.41 bits per heavy atom. The second kappa shape index (κ2) is 6.77. The summed E-state index contributed by atoms with van der Waals surface area (Å²) in [4.78, 5) is 2.39. The fraction of sp³-hybridized carbons (Fsp3) is 0.600. The van der Waals surface area contributed by atoms with Crippen molar-refractivity contribution in [1.82, 2.24) is 4.90 Å². The summed E-state index contributed by atoms with van der Waals surface area (Å²) in [5.74, 6) is 0. The van der Waals surface area contributed by atoms with Crippen molar-refractivity contribution >= 4 is 0 Å². The lowest BCUT2D eigenvalue weighted by atomic mass is 9.87. The van der Waals surface area contributed by atoms with E-state index in [2.05, 4.69) is 56.1 Å². The molecule has 0 amide bonds. The summed E-state index contributed by atoms with van der Waals surface area (Å²) in [6.45, 7) is 7.43. The first-order valence-electron chi connectivity index (χ1n) is 6.52. The van der Waals surface area contributed by atoms with Crippen LogP contribution < -0.4 is 5.73 Å². The summed E-state index contributed by atoms with van der Waals surface area (Å²) in [6, 6.07) is 10.7. The maximum atomic E-state index is 5.85. The van der Waals surface area contributed by atoms with Gasteiger partial charge < -0.3 is 10.6 Å². The lowest BCUT2D eigenvalue weighted by molar-refractivity contribution is 0.193. The van der Waals surface area contributed by atoms with Crippen LogP contribution in [0.1, 0.15) is 25.8 Å². The van der Waals surface area contributed by atoms with Crippen LogP contribution in [-0.2, 0) is 6.42 Å². The molecule has 2 N–H and O–H groups in total. The highest BCUT2D eigenvalue weighted by atomic mass is 15.1. The molecular formula is C15H26N2. The van der Waals surface area contributed by atoms with Gasteiger partial charge in [-0.2, -0.15) is 0 Å². The second-order valence-corrected chi connectivity index (χ2v) is 5.34. The molecule has 1 aromatic carbocycles. The molecule has 0 aliphatic rings. The van der Waals surface area contributed by atoms with Crippen LogP contribution in [0, 0.1) is 5.41 Å². The van der Waals surface area contributed by atoms with Gasteiger partial charge in [0.1, 0.15) is 0 Å². The van der Waals surface area contributed by atoms with E-state index in [4.69, 9.17) is 5.73 Å². The molecule has 2 nitrogen and oxygen atoms in total. The third-order valence-electron chi connectivity index (χ3n) is 3.62. The molecule has 1 unspecified atom stereocenters. The van der Waals surface area contributed by atoms with E-state index >= 15 is 0 Å². The molecule has 0 saturated heterocycles. The molecule has 0 aliphatic carbocycles. The van der Waals surface area contributed by atoms with Crippen LogP contribution in [0.25, 0.3) is 0 Å². The van der Waals surface area contributed by atoms with Gasteiger partial charge in [0.15, 0.2) is 0 Å². The number of nitrogens with zero attached hydrogens (tertiary/aromatic N) is 1. The lowest BCUT2D eigenvalue weighted by Gasteiger charge is -2.31. The van der Waals surface area contributed by atoms with Crippen molar-refractivity contribution in [3.8, 4) is 0 Å². The van der Waals surface area contributed by atoms with Crippen LogP contribution in [0.15, 0.2) is 30.3 Å². The molecule has 0 aromatic heterocycles. The molecule has 0 spiro atoms. The summed E-state index contributed by atoms with van der Waals surface area (Å²) in [7, 11) is 2.19. The van der Waals surface area contributed by atoms with Crippen LogP contribution in [0.5, 0.6) is 0 Å². The molecule has 1 rings (SSSR count). The molecule has 1 aromatic rings. The average molecular weight is 234 g/mol. The second-order valence-electron chi connectivity index (χ2n) is 5.34. The molecule has 0 saturated carbocycles. The van der Waals surface area contributed by atoms with Crippen molar-refractivity contribution in [2.75, 3.05) is 26.7 Å². The lowest BCUT2D eigenvalue weighted by Crippen LogP contribution is -2.39. The number of nitrogens with two attached hydrogens (primary N) is 1. The van der Waals surface area contributed by atoms with Crippen LogP contribution in [-0.4, -0.2) is 31.6 Å². The van der Waals surface area contributed by atoms with Gasteiger partial charge in [0, 0.05) is 13.1 Å². The maximum absolute atomic E-state index is 5.85. The van der Waals surface area contributed by atoms with Gasteiger partial charge in [-0.15, -0.1) is 0 Å². The van der Waals surface area contributed by atoms with E-state index in [1.165, 1.54) is 5.56 Å². The third-order valence-corrected chi connectivity index (χ3v) is 3.62. The van der Waals surface area contributed by atoms with E-state index in [9.17, 15) is 0 Å². The van der Waals surface area contributed by atoms with Crippen molar-refractivity contribution in [2.24, 2.45) is 11.1 Å². The largest absolute Gasteiger partial charge is 0.330 e. The number of hydrogen-bond donors (Lipinski definition) is 1. The molecule has 0 bridgehead atoms. The molecular weight excluding hydrogens is 208 g/mol. The smallest absolute Gasteiger partial charge is 0.00444 e. The van der Waals surface area contributed by atoms with Gasteiger partial charge in [-0.1, -0.05) is 44.2 Å². The molecule has 0 heterocycles. The van der Waals surface area contributed by atoms with Crippen molar-refractivity contribution in [3.63, 3.8) is 0 Å². The Hall–Kier alpha value is -0.860. The normalized spacial score (nSPS) is 14.9. The van der Waals surface area contributed by atoms with E-state index in [1.54, 1.807) is 0 Å². The topological polar surface area (TPSA) is 29.3 Å². The highest BCUT2D eigenvalue weighted by Crippen LogP contribution is 2.20. The van der Waals surface area contributed by atoms with Gasteiger partial charge in [0.2, 0.25) is 0 Å². The van der Waals surface area contributed by atoms with E-state index < -0.39 is 0 Å². The predicted octanol–water partition coefficient (Wildman–Crippen LogP) is 2.54. The van der Waals surface area contributed by atoms with Crippen molar-refractivity contribution in [3.05, 3.63) is 35.9 Å². The quantitative estimate of drug-likeness (QED) is 0.785. The van der Waals surface area contributed by atoms with Crippen molar-refractivity contribution in [1.29, 1.82) is 0 Å². The van der Waals surface area contributed by atoms with Crippen molar-refractivity contribution < 1.29 is 0 Å². The van der Waals surface area contributed by atoms with Crippen LogP contribution in [0.4, 0.5) is 0 Å². The van der Waals surface area contributed by atoms with Gasteiger partial charge in [-0.3, -0.25) is 0 Å². The van der Waals surface area contributed by atoms with Crippen molar-refractivity contribution in [2.45, 2.75) is 26.7 Å². The monoisotopic (exact) mass is 234 g/mol. The Kier molecular flexibility index (Phi) is 5.66. The first kappa shape index (κ1) is 14.2. The summed E-state index contributed by atoms with van der Waals surface area (Å²) < 4.78 is 0. The summed E-state index contributed by atoms with van der Waals surface area (Å²) >= 11 is 0.